The first kappa shape index (κ1) is 19.3. The minimum absolute atomic E-state index is 0.272. The second kappa shape index (κ2) is 10.1. The molecule has 0 aromatic heterocycles. The number of nitrogens with two attached hydrogens (primary N) is 1. The van der Waals surface area contributed by atoms with Gasteiger partial charge in [-0.2, -0.15) is 0 Å². The Morgan fingerprint density at radius 2 is 2.00 bits per heavy atom. The average molecular weight is 289 g/mol. The molecule has 0 aliphatic rings. The van der Waals surface area contributed by atoms with Crippen LogP contribution >= 0.6 is 0 Å². The van der Waals surface area contributed by atoms with Gasteiger partial charge in [-0.15, -0.1) is 0 Å². The zero-order valence-corrected chi connectivity index (χ0v) is 13.6. The minimum atomic E-state index is -0.674. The van der Waals surface area contributed by atoms with Gasteiger partial charge in [0.2, 0.25) is 5.91 Å². The van der Waals surface area contributed by atoms with E-state index in [1.54, 1.807) is 14.2 Å². The van der Waals surface area contributed by atoms with Crippen LogP contribution < -0.4 is 11.1 Å². The second-order valence-corrected chi connectivity index (χ2v) is 5.31. The molecule has 0 saturated heterocycles. The Labute approximate surface area is 123 Å². The lowest BCUT2D eigenvalue weighted by Gasteiger charge is -2.33. The van der Waals surface area contributed by atoms with Crippen LogP contribution in [-0.2, 0) is 14.3 Å². The number of hydrogen-bond acceptors (Lipinski definition) is 5. The van der Waals surface area contributed by atoms with Crippen LogP contribution in [0.15, 0.2) is 0 Å². The molecule has 0 rings (SSSR count). The highest BCUT2D eigenvalue weighted by molar-refractivity contribution is 5.84. The van der Waals surface area contributed by atoms with Crippen molar-refractivity contribution in [2.24, 2.45) is 5.73 Å². The molecule has 20 heavy (non-hydrogen) atoms. The Morgan fingerprint density at radius 3 is 2.45 bits per heavy atom. The third-order valence-corrected chi connectivity index (χ3v) is 3.62. The van der Waals surface area contributed by atoms with Gasteiger partial charge in [0.05, 0.1) is 18.8 Å². The molecule has 3 N–H and O–H groups in total. The number of nitrogens with one attached hydrogen (secondary N) is 1. The van der Waals surface area contributed by atoms with Gasteiger partial charge < -0.3 is 20.5 Å². The molecule has 120 valence electrons. The van der Waals surface area contributed by atoms with Crippen molar-refractivity contribution in [1.82, 2.24) is 10.2 Å². The lowest BCUT2D eigenvalue weighted by molar-refractivity contribution is -0.124. The largest absolute Gasteiger partial charge is 0.383 e. The van der Waals surface area contributed by atoms with E-state index in [0.717, 1.165) is 13.1 Å². The summed E-state index contributed by atoms with van der Waals surface area (Å²) in [7, 11) is 3.38. The molecule has 0 heterocycles. The molecule has 1 amide bonds. The number of amides is 1. The van der Waals surface area contributed by atoms with E-state index in [9.17, 15) is 4.79 Å². The number of ether oxygens (including phenoxy) is 2. The smallest absolute Gasteiger partial charge is 0.237 e. The standard InChI is InChI=1S/C14H31N3O3/c1-6-16-14(3,13(15)18)7-8-17(9-10-19-4)12(2)11-20-5/h12,16H,6-11H2,1-5H3,(H2,15,18). The number of likely N-dealkylation sites (N-methyl/N-ethyl adjacent to an activating group) is 1. The van der Waals surface area contributed by atoms with Crippen molar-refractivity contribution in [2.75, 3.05) is 47.1 Å². The van der Waals surface area contributed by atoms with Gasteiger partial charge in [-0.25, -0.2) is 0 Å². The van der Waals surface area contributed by atoms with E-state index in [4.69, 9.17) is 15.2 Å². The summed E-state index contributed by atoms with van der Waals surface area (Å²) in [6, 6.07) is 0.272. The van der Waals surface area contributed by atoms with Gasteiger partial charge in [0.15, 0.2) is 0 Å². The summed E-state index contributed by atoms with van der Waals surface area (Å²) in [5, 5.41) is 3.18. The normalized spacial score (nSPS) is 16.1. The SMILES string of the molecule is CCNC(C)(CCN(CCOC)C(C)COC)C(N)=O. The quantitative estimate of drug-likeness (QED) is 0.537. The third-order valence-electron chi connectivity index (χ3n) is 3.62. The number of carbonyl (C=O) groups excluding carboxylic acids is 1. The Kier molecular flexibility index (Phi) is 9.75. The van der Waals surface area contributed by atoms with Crippen LogP contribution in [0.1, 0.15) is 27.2 Å². The van der Waals surface area contributed by atoms with E-state index in [1.807, 2.05) is 13.8 Å². The molecule has 0 spiro atoms. The average Bonchev–Trinajstić information content (AvgIpc) is 2.39. The fourth-order valence-corrected chi connectivity index (χ4v) is 2.16. The van der Waals surface area contributed by atoms with Gasteiger partial charge >= 0.3 is 0 Å². The third kappa shape index (κ3) is 6.65. The minimum Gasteiger partial charge on any atom is -0.383 e. The predicted molar refractivity (Wildman–Crippen MR) is 80.7 cm³/mol. The Bertz CT molecular complexity index is 276. The van der Waals surface area contributed by atoms with E-state index in [2.05, 4.69) is 17.1 Å². The fraction of sp³-hybridized carbons (Fsp3) is 0.929. The van der Waals surface area contributed by atoms with Crippen molar-refractivity contribution in [3.05, 3.63) is 0 Å². The van der Waals surface area contributed by atoms with Crippen LogP contribution in [0.3, 0.4) is 0 Å². The molecule has 0 aromatic carbocycles. The second-order valence-electron chi connectivity index (χ2n) is 5.31. The summed E-state index contributed by atoms with van der Waals surface area (Å²) in [5.41, 5.74) is 4.84. The monoisotopic (exact) mass is 289 g/mol. The summed E-state index contributed by atoms with van der Waals surface area (Å²) in [6.45, 7) is 9.52. The van der Waals surface area contributed by atoms with Crippen molar-refractivity contribution in [1.29, 1.82) is 0 Å². The zero-order chi connectivity index (χ0) is 15.6. The van der Waals surface area contributed by atoms with E-state index in [1.165, 1.54) is 0 Å². The summed E-state index contributed by atoms with van der Waals surface area (Å²) >= 11 is 0. The molecule has 0 bridgehead atoms. The molecular formula is C14H31N3O3. The topological polar surface area (TPSA) is 76.8 Å². The number of carbonyl (C=O) groups is 1. The molecule has 0 aromatic rings. The number of rotatable bonds is 12. The summed E-state index contributed by atoms with van der Waals surface area (Å²) in [4.78, 5) is 13.9. The Morgan fingerprint density at radius 1 is 1.35 bits per heavy atom. The van der Waals surface area contributed by atoms with Crippen LogP contribution in [0.5, 0.6) is 0 Å². The maximum atomic E-state index is 11.6. The van der Waals surface area contributed by atoms with Crippen molar-refractivity contribution < 1.29 is 14.3 Å². The molecule has 6 heteroatoms. The molecule has 2 atom stereocenters. The van der Waals surface area contributed by atoms with Gasteiger partial charge in [-0.1, -0.05) is 6.92 Å². The molecule has 0 saturated carbocycles. The Balaban J connectivity index is 4.58. The van der Waals surface area contributed by atoms with E-state index in [-0.39, 0.29) is 11.9 Å². The van der Waals surface area contributed by atoms with Gasteiger partial charge in [-0.3, -0.25) is 9.69 Å². The van der Waals surface area contributed by atoms with Gasteiger partial charge in [0, 0.05) is 33.4 Å². The number of methoxy groups -OCH3 is 2. The van der Waals surface area contributed by atoms with Crippen molar-refractivity contribution in [3.63, 3.8) is 0 Å². The van der Waals surface area contributed by atoms with Crippen molar-refractivity contribution >= 4 is 5.91 Å². The first-order valence-electron chi connectivity index (χ1n) is 7.18. The highest BCUT2D eigenvalue weighted by Crippen LogP contribution is 2.12. The summed E-state index contributed by atoms with van der Waals surface area (Å²) in [5.74, 6) is -0.314. The maximum absolute atomic E-state index is 11.6. The first-order chi connectivity index (χ1) is 9.41. The molecule has 6 nitrogen and oxygen atoms in total. The van der Waals surface area contributed by atoms with E-state index < -0.39 is 5.54 Å². The molecular weight excluding hydrogens is 258 g/mol. The molecule has 2 unspecified atom stereocenters. The summed E-state index contributed by atoms with van der Waals surface area (Å²) < 4.78 is 10.3. The number of hydrogen-bond donors (Lipinski definition) is 2. The first-order valence-corrected chi connectivity index (χ1v) is 7.18. The Hall–Kier alpha value is -0.690. The lowest BCUT2D eigenvalue weighted by Crippen LogP contribution is -2.55. The number of nitrogens with zero attached hydrogens (tertiary/aromatic N) is 1. The molecule has 0 radical (unpaired) electrons. The highest BCUT2D eigenvalue weighted by Gasteiger charge is 2.30. The highest BCUT2D eigenvalue weighted by atomic mass is 16.5. The van der Waals surface area contributed by atoms with E-state index in [0.29, 0.717) is 26.2 Å². The zero-order valence-electron chi connectivity index (χ0n) is 13.6. The van der Waals surface area contributed by atoms with Crippen molar-refractivity contribution in [3.8, 4) is 0 Å². The molecule has 0 aliphatic carbocycles. The molecule has 0 fully saturated rings. The van der Waals surface area contributed by atoms with Crippen LogP contribution in [0.2, 0.25) is 0 Å². The van der Waals surface area contributed by atoms with Gasteiger partial charge in [0.1, 0.15) is 0 Å². The van der Waals surface area contributed by atoms with Crippen LogP contribution in [0, 0.1) is 0 Å². The lowest BCUT2D eigenvalue weighted by atomic mass is 9.96. The maximum Gasteiger partial charge on any atom is 0.237 e. The van der Waals surface area contributed by atoms with Gasteiger partial charge in [-0.05, 0) is 26.8 Å². The van der Waals surface area contributed by atoms with Gasteiger partial charge in [0.25, 0.3) is 0 Å². The summed E-state index contributed by atoms with van der Waals surface area (Å²) in [6.07, 6.45) is 0.661. The van der Waals surface area contributed by atoms with Crippen LogP contribution in [0.4, 0.5) is 0 Å². The number of primary amides is 1. The van der Waals surface area contributed by atoms with Crippen LogP contribution in [-0.4, -0.2) is 69.5 Å². The molecule has 0 aliphatic heterocycles. The van der Waals surface area contributed by atoms with E-state index >= 15 is 0 Å². The predicted octanol–water partition coefficient (Wildman–Crippen LogP) is 0.213. The van der Waals surface area contributed by atoms with Crippen molar-refractivity contribution in [2.45, 2.75) is 38.8 Å². The fourth-order valence-electron chi connectivity index (χ4n) is 2.16. The van der Waals surface area contributed by atoms with Crippen LogP contribution in [0.25, 0.3) is 0 Å².